The summed E-state index contributed by atoms with van der Waals surface area (Å²) >= 11 is 5.90. The number of carbonyl (C=O) groups excluding carboxylic acids is 1. The lowest BCUT2D eigenvalue weighted by Gasteiger charge is -2.32. The molecule has 0 unspecified atom stereocenters. The van der Waals surface area contributed by atoms with Gasteiger partial charge in [0.05, 0.1) is 17.0 Å². The molecule has 0 spiro atoms. The van der Waals surface area contributed by atoms with Gasteiger partial charge in [-0.1, -0.05) is 18.5 Å². The molecule has 1 aromatic heterocycles. The molecular weight excluding hydrogens is 571 g/mol. The molecule has 3 N–H and O–H groups in total. The van der Waals surface area contributed by atoms with Crippen LogP contribution in [0.3, 0.4) is 0 Å². The third kappa shape index (κ3) is 9.80. The van der Waals surface area contributed by atoms with Gasteiger partial charge in [0.2, 0.25) is 5.91 Å². The molecule has 212 valence electrons. The first-order chi connectivity index (χ1) is 18.2. The fourth-order valence-corrected chi connectivity index (χ4v) is 6.45. The number of nitrogens with one attached hydrogen (secondary N) is 1. The van der Waals surface area contributed by atoms with Crippen LogP contribution in [-0.2, 0) is 25.0 Å². The van der Waals surface area contributed by atoms with Crippen LogP contribution in [0, 0.1) is 17.7 Å². The molecule has 1 aliphatic rings. The first-order valence-electron chi connectivity index (χ1n) is 12.2. The van der Waals surface area contributed by atoms with Crippen LogP contribution >= 0.6 is 11.6 Å². The fourth-order valence-electron chi connectivity index (χ4n) is 4.64. The zero-order chi connectivity index (χ0) is 28.8. The van der Waals surface area contributed by atoms with Crippen molar-refractivity contribution in [2.45, 2.75) is 38.5 Å². The number of pyridine rings is 1. The predicted octanol–water partition coefficient (Wildman–Crippen LogP) is 5.34. The molecule has 3 aromatic rings. The van der Waals surface area contributed by atoms with Crippen molar-refractivity contribution in [1.29, 1.82) is 0 Å². The molecule has 1 amide bonds. The van der Waals surface area contributed by atoms with E-state index >= 15 is 0 Å². The zero-order valence-electron chi connectivity index (χ0n) is 21.1. The molecule has 9 nitrogen and oxygen atoms in total. The number of aromatic nitrogens is 1. The molecule has 1 fully saturated rings. The summed E-state index contributed by atoms with van der Waals surface area (Å²) < 4.78 is 69.1. The number of nitrogens with zero attached hydrogens (tertiary/aromatic N) is 1. The van der Waals surface area contributed by atoms with Gasteiger partial charge in [0, 0.05) is 28.2 Å². The summed E-state index contributed by atoms with van der Waals surface area (Å²) in [7, 11) is -8.59. The van der Waals surface area contributed by atoms with Gasteiger partial charge in [-0.25, -0.2) is 4.39 Å². The van der Waals surface area contributed by atoms with Crippen LogP contribution in [0.5, 0.6) is 0 Å². The van der Waals surface area contributed by atoms with Gasteiger partial charge in [-0.3, -0.25) is 18.9 Å². The van der Waals surface area contributed by atoms with Gasteiger partial charge in [-0.05, 0) is 91.6 Å². The van der Waals surface area contributed by atoms with E-state index in [-0.39, 0.29) is 17.6 Å². The Morgan fingerprint density at radius 2 is 1.59 bits per heavy atom. The van der Waals surface area contributed by atoms with E-state index in [0.29, 0.717) is 16.9 Å². The molecule has 0 bridgehead atoms. The highest BCUT2D eigenvalue weighted by Crippen LogP contribution is 2.41. The van der Waals surface area contributed by atoms with E-state index in [2.05, 4.69) is 10.3 Å². The fraction of sp³-hybridized carbons (Fsp3) is 0.385. The van der Waals surface area contributed by atoms with Crippen LogP contribution in [0.25, 0.3) is 10.9 Å². The van der Waals surface area contributed by atoms with Crippen LogP contribution in [0.1, 0.15) is 44.1 Å². The lowest BCUT2D eigenvalue weighted by Crippen LogP contribution is -2.29. The minimum atomic E-state index is -4.30. The molecule has 1 saturated carbocycles. The highest BCUT2D eigenvalue weighted by molar-refractivity contribution is 7.89. The number of hydrogen-bond acceptors (Lipinski definition) is 6. The lowest BCUT2D eigenvalue weighted by molar-refractivity contribution is -0.121. The van der Waals surface area contributed by atoms with Crippen LogP contribution in [0.15, 0.2) is 54.7 Å². The van der Waals surface area contributed by atoms with E-state index in [1.807, 2.05) is 31.3 Å². The minimum absolute atomic E-state index is 0.0483. The topological polar surface area (TPSA) is 151 Å². The summed E-state index contributed by atoms with van der Waals surface area (Å²) in [6.45, 7) is 2.01. The molecule has 0 aliphatic heterocycles. The maximum atomic E-state index is 13.8. The molecule has 1 atom stereocenters. The molecule has 2 aromatic carbocycles. The average Bonchev–Trinajstić information content (AvgIpc) is 2.88. The van der Waals surface area contributed by atoms with Gasteiger partial charge in [0.15, 0.2) is 0 Å². The second kappa shape index (κ2) is 13.1. The second-order valence-electron chi connectivity index (χ2n) is 9.53. The van der Waals surface area contributed by atoms with Crippen molar-refractivity contribution in [1.82, 2.24) is 4.98 Å². The van der Waals surface area contributed by atoms with E-state index < -0.39 is 31.7 Å². The summed E-state index contributed by atoms with van der Waals surface area (Å²) in [5.41, 5.74) is 2.78. The Kier molecular flexibility index (Phi) is 10.4. The van der Waals surface area contributed by atoms with Gasteiger partial charge < -0.3 is 5.32 Å². The normalized spacial score (nSPS) is 18.6. The summed E-state index contributed by atoms with van der Waals surface area (Å²) in [6.07, 6.45) is 5.78. The predicted molar refractivity (Wildman–Crippen MR) is 148 cm³/mol. The van der Waals surface area contributed by atoms with Crippen molar-refractivity contribution in [3.63, 3.8) is 0 Å². The Hall–Kier alpha value is -2.64. The molecule has 39 heavy (non-hydrogen) atoms. The molecular formula is C26H30ClFN2O7S2. The average molecular weight is 601 g/mol. The first kappa shape index (κ1) is 30.9. The zero-order valence-corrected chi connectivity index (χ0v) is 23.5. The van der Waals surface area contributed by atoms with Gasteiger partial charge in [0.1, 0.15) is 5.82 Å². The number of benzene rings is 2. The van der Waals surface area contributed by atoms with Crippen molar-refractivity contribution in [3.8, 4) is 0 Å². The smallest absolute Gasteiger partial charge is 0.265 e. The maximum absolute atomic E-state index is 13.8. The van der Waals surface area contributed by atoms with Gasteiger partial charge >= 0.3 is 0 Å². The highest BCUT2D eigenvalue weighted by atomic mass is 35.5. The number of anilines is 1. The third-order valence-corrected chi connectivity index (χ3v) is 8.73. The number of rotatable bonds is 7. The Bertz CT molecular complexity index is 1480. The van der Waals surface area contributed by atoms with Crippen LogP contribution in [0.4, 0.5) is 10.1 Å². The third-order valence-electron chi connectivity index (χ3n) is 6.78. The molecule has 0 radical (unpaired) electrons. The van der Waals surface area contributed by atoms with Crippen molar-refractivity contribution in [2.75, 3.05) is 16.8 Å². The molecule has 0 saturated heterocycles. The first-order valence-corrected chi connectivity index (χ1v) is 15.8. The Morgan fingerprint density at radius 1 is 1.00 bits per heavy atom. The van der Waals surface area contributed by atoms with Crippen LogP contribution < -0.4 is 5.32 Å². The molecule has 1 heterocycles. The van der Waals surface area contributed by atoms with Crippen molar-refractivity contribution in [2.24, 2.45) is 11.8 Å². The van der Waals surface area contributed by atoms with Crippen LogP contribution in [-0.4, -0.2) is 48.3 Å². The SMILES string of the molecule is C[C@@H](C(=O)Nc1ccc(Cl)cc1)C1CCC(c2ccnc3ccc(F)cc23)CC1.O=S(=O)(O)CCS(=O)(=O)O. The quantitative estimate of drug-likeness (QED) is 0.308. The minimum Gasteiger partial charge on any atom is -0.326 e. The molecule has 13 heteroatoms. The van der Waals surface area contributed by atoms with E-state index in [4.69, 9.17) is 20.7 Å². The second-order valence-corrected chi connectivity index (χ2v) is 13.1. The van der Waals surface area contributed by atoms with Crippen LogP contribution in [0.2, 0.25) is 5.02 Å². The Labute approximate surface area is 232 Å². The van der Waals surface area contributed by atoms with Crippen molar-refractivity contribution < 1.29 is 35.1 Å². The number of fused-ring (bicyclic) bond motifs is 1. The summed E-state index contributed by atoms with van der Waals surface area (Å²) in [5.74, 6) is -1.47. The Balaban J connectivity index is 0.000000360. The van der Waals surface area contributed by atoms with Crippen molar-refractivity contribution >= 4 is 54.3 Å². The van der Waals surface area contributed by atoms with E-state index in [9.17, 15) is 26.0 Å². The molecule has 4 rings (SSSR count). The number of amides is 1. The lowest BCUT2D eigenvalue weighted by atomic mass is 9.73. The Morgan fingerprint density at radius 3 is 2.15 bits per heavy atom. The highest BCUT2D eigenvalue weighted by Gasteiger charge is 2.30. The number of carbonyl (C=O) groups is 1. The van der Waals surface area contributed by atoms with Gasteiger partial charge in [-0.15, -0.1) is 0 Å². The summed E-state index contributed by atoms with van der Waals surface area (Å²) in [6, 6.07) is 14.0. The monoisotopic (exact) mass is 600 g/mol. The largest absolute Gasteiger partial charge is 0.326 e. The van der Waals surface area contributed by atoms with E-state index in [1.165, 1.54) is 11.6 Å². The van der Waals surface area contributed by atoms with E-state index in [0.717, 1.165) is 42.3 Å². The van der Waals surface area contributed by atoms with E-state index in [1.54, 1.807) is 24.3 Å². The van der Waals surface area contributed by atoms with Gasteiger partial charge in [0.25, 0.3) is 20.2 Å². The summed E-state index contributed by atoms with van der Waals surface area (Å²) in [4.78, 5) is 17.0. The number of hydrogen-bond donors (Lipinski definition) is 3. The van der Waals surface area contributed by atoms with Crippen molar-refractivity contribution in [3.05, 3.63) is 71.1 Å². The van der Waals surface area contributed by atoms with Gasteiger partial charge in [-0.2, -0.15) is 16.8 Å². The summed E-state index contributed by atoms with van der Waals surface area (Å²) in [5, 5.41) is 4.55. The maximum Gasteiger partial charge on any atom is 0.265 e. The number of halogens is 2. The molecule has 1 aliphatic carbocycles. The standard InChI is InChI=1S/C24H24ClFN2O.C2H6O6S2/c1-15(24(29)28-20-9-6-18(25)7-10-20)16-2-4-17(5-3-16)21-12-13-27-23-11-8-19(26)14-22(21)23;3-9(4,5)1-2-10(6,7)8/h6-17H,2-5H2,1H3,(H,28,29);1-2H2,(H,3,4,5)(H,6,7,8)/t15-,16?,17?;/m1./s1.